The van der Waals surface area contributed by atoms with Gasteiger partial charge in [0.2, 0.25) is 0 Å². The normalized spacial score (nSPS) is 24.3. The van der Waals surface area contributed by atoms with Gasteiger partial charge in [-0.2, -0.15) is 10.2 Å². The molecule has 1 aliphatic heterocycles. The number of hydrogen-bond acceptors (Lipinski definition) is 7. The van der Waals surface area contributed by atoms with Crippen LogP contribution in [0.1, 0.15) is 59.4 Å². The minimum atomic E-state index is -1.65. The number of nitrogens with one attached hydrogen (secondary N) is 1. The van der Waals surface area contributed by atoms with Crippen LogP contribution in [0.2, 0.25) is 0 Å². The van der Waals surface area contributed by atoms with Crippen LogP contribution in [0.15, 0.2) is 17.1 Å². The van der Waals surface area contributed by atoms with Crippen molar-refractivity contribution in [3.63, 3.8) is 0 Å². The van der Waals surface area contributed by atoms with Gasteiger partial charge in [0.15, 0.2) is 12.4 Å². The summed E-state index contributed by atoms with van der Waals surface area (Å²) in [4.78, 5) is 19.7. The summed E-state index contributed by atoms with van der Waals surface area (Å²) in [6.07, 6.45) is -1.96. The molecular weight excluding hydrogens is 448 g/mol. The van der Waals surface area contributed by atoms with Crippen molar-refractivity contribution in [1.29, 1.82) is 5.26 Å². The number of nitriles is 1. The Morgan fingerprint density at radius 1 is 1.39 bits per heavy atom. The van der Waals surface area contributed by atoms with Gasteiger partial charge in [-0.1, -0.05) is 6.92 Å². The van der Waals surface area contributed by atoms with Gasteiger partial charge in [0, 0.05) is 29.4 Å². The van der Waals surface area contributed by atoms with E-state index in [2.05, 4.69) is 16.0 Å². The Kier molecular flexibility index (Phi) is 8.59. The second kappa shape index (κ2) is 11.0. The number of aromatic nitrogens is 3. The molecule has 3 heterocycles. The van der Waals surface area contributed by atoms with E-state index >= 15 is 4.39 Å². The largest absolute Gasteiger partial charge is 0.351 e. The molecule has 1 fully saturated rings. The zero-order chi connectivity index (χ0) is 24.3. The maximum atomic E-state index is 15.8. The fourth-order valence-corrected chi connectivity index (χ4v) is 5.86. The number of alkyl halides is 1. The third-order valence-corrected chi connectivity index (χ3v) is 7.61. The predicted molar refractivity (Wildman–Crippen MR) is 124 cm³/mol. The van der Waals surface area contributed by atoms with Gasteiger partial charge in [0.25, 0.3) is 8.53 Å². The highest BCUT2D eigenvalue weighted by Gasteiger charge is 2.49. The predicted octanol–water partition coefficient (Wildman–Crippen LogP) is 4.34. The van der Waals surface area contributed by atoms with Crippen LogP contribution in [-0.4, -0.2) is 56.3 Å². The topological polar surface area (TPSA) is 105 Å². The molecule has 0 bridgehead atoms. The molecule has 0 saturated carbocycles. The zero-order valence-electron chi connectivity index (χ0n) is 20.0. The van der Waals surface area contributed by atoms with Crippen LogP contribution in [0.25, 0.3) is 11.0 Å². The van der Waals surface area contributed by atoms with Gasteiger partial charge in [0.1, 0.15) is 11.8 Å². The Labute approximate surface area is 194 Å². The minimum absolute atomic E-state index is 0.0838. The van der Waals surface area contributed by atoms with Crippen molar-refractivity contribution in [2.45, 2.75) is 91.1 Å². The van der Waals surface area contributed by atoms with E-state index in [1.165, 1.54) is 4.57 Å². The summed E-state index contributed by atoms with van der Waals surface area (Å²) in [5.74, 6) is 0. The number of nitrogens with zero attached hydrogens (tertiary/aromatic N) is 4. The summed E-state index contributed by atoms with van der Waals surface area (Å²) in [6, 6.07) is 4.07. The Morgan fingerprint density at radius 3 is 2.70 bits per heavy atom. The first kappa shape index (κ1) is 25.7. The summed E-state index contributed by atoms with van der Waals surface area (Å²) in [7, 11) is -1.65. The molecule has 11 heteroatoms. The van der Waals surface area contributed by atoms with Gasteiger partial charge in [-0.3, -0.25) is 4.57 Å². The summed E-state index contributed by atoms with van der Waals surface area (Å²) >= 11 is 0. The molecule has 33 heavy (non-hydrogen) atoms. The van der Waals surface area contributed by atoms with E-state index in [9.17, 15) is 4.79 Å². The van der Waals surface area contributed by atoms with Crippen LogP contribution in [0, 0.1) is 18.3 Å². The number of halogens is 1. The summed E-state index contributed by atoms with van der Waals surface area (Å²) in [6.45, 7) is 12.0. The van der Waals surface area contributed by atoms with Crippen molar-refractivity contribution >= 4 is 19.6 Å². The molecule has 9 nitrogen and oxygen atoms in total. The highest BCUT2D eigenvalue weighted by molar-refractivity contribution is 7.44. The van der Waals surface area contributed by atoms with Crippen LogP contribution in [0.5, 0.6) is 0 Å². The highest BCUT2D eigenvalue weighted by Crippen LogP contribution is 2.50. The number of aryl methyl sites for hydroxylation is 1. The van der Waals surface area contributed by atoms with Crippen molar-refractivity contribution in [2.24, 2.45) is 0 Å². The maximum Gasteiger partial charge on any atom is 0.351 e. The second-order valence-corrected chi connectivity index (χ2v) is 10.1. The number of ether oxygens (including phenoxy) is 1. The minimum Gasteiger partial charge on any atom is -0.349 e. The lowest BCUT2D eigenvalue weighted by Gasteiger charge is -2.37. The molecule has 182 valence electrons. The van der Waals surface area contributed by atoms with Gasteiger partial charge >= 0.3 is 5.69 Å². The monoisotopic (exact) mass is 481 g/mol. The van der Waals surface area contributed by atoms with E-state index < -0.39 is 38.8 Å². The van der Waals surface area contributed by atoms with Gasteiger partial charge in [-0.15, -0.1) is 0 Å². The molecule has 1 saturated heterocycles. The van der Waals surface area contributed by atoms with E-state index in [4.69, 9.17) is 19.0 Å². The lowest BCUT2D eigenvalue weighted by Crippen LogP contribution is -2.38. The number of rotatable bonds is 10. The van der Waals surface area contributed by atoms with Crippen molar-refractivity contribution in [3.05, 3.63) is 28.4 Å². The third-order valence-electron chi connectivity index (χ3n) is 5.49. The fourth-order valence-electron chi connectivity index (χ4n) is 4.10. The third kappa shape index (κ3) is 5.61. The van der Waals surface area contributed by atoms with Crippen LogP contribution < -0.4 is 5.69 Å². The number of hydrogen-bond donors (Lipinski definition) is 1. The molecule has 5 atom stereocenters. The standard InChI is InChI=1S/C22H33FN5O4P/c1-7-17-19(32-33(30-10-8-9-24)28(13(2)3)14(4)5)18(23)21(31-17)27-12-16-11-15(6)25-20(16)26-22(27)29/h11-14,17-19,21H,7-8,10H2,1-6H3,(H,25,26,29). The zero-order valence-corrected chi connectivity index (χ0v) is 20.9. The number of fused-ring (bicyclic) bond motifs is 1. The Morgan fingerprint density at radius 2 is 2.09 bits per heavy atom. The van der Waals surface area contributed by atoms with Gasteiger partial charge in [-0.05, 0) is 47.1 Å². The Bertz CT molecular complexity index is 1030. The van der Waals surface area contributed by atoms with E-state index in [-0.39, 0.29) is 25.1 Å². The smallest absolute Gasteiger partial charge is 0.349 e. The van der Waals surface area contributed by atoms with Crippen molar-refractivity contribution < 1.29 is 18.2 Å². The molecule has 0 aliphatic carbocycles. The molecule has 2 aromatic rings. The van der Waals surface area contributed by atoms with Crippen molar-refractivity contribution in [3.8, 4) is 6.07 Å². The molecule has 0 aromatic carbocycles. The summed E-state index contributed by atoms with van der Waals surface area (Å²) < 4.78 is 37.2. The first-order valence-corrected chi connectivity index (χ1v) is 12.4. The molecular formula is C22H33FN5O4P. The van der Waals surface area contributed by atoms with Crippen LogP contribution in [0.4, 0.5) is 4.39 Å². The van der Waals surface area contributed by atoms with Crippen LogP contribution >= 0.6 is 8.53 Å². The highest BCUT2D eigenvalue weighted by atomic mass is 31.2. The van der Waals surface area contributed by atoms with Gasteiger partial charge < -0.3 is 18.8 Å². The number of aromatic amines is 1. The molecule has 1 N–H and O–H groups in total. The lowest BCUT2D eigenvalue weighted by atomic mass is 10.1. The number of H-pyrrole nitrogens is 1. The Hall–Kier alpha value is -1.89. The molecule has 0 spiro atoms. The molecule has 1 aliphatic rings. The SMILES string of the molecule is CCC1OC(n2cc3cc(C)[nH]c3nc2=O)C(F)C1OP(OCCC#N)N(C(C)C)C(C)C. The Balaban J connectivity index is 1.89. The first-order chi connectivity index (χ1) is 15.7. The molecule has 5 unspecified atom stereocenters. The lowest BCUT2D eigenvalue weighted by molar-refractivity contribution is -0.0270. The first-order valence-electron chi connectivity index (χ1n) is 11.3. The van der Waals surface area contributed by atoms with E-state index in [1.807, 2.05) is 52.3 Å². The van der Waals surface area contributed by atoms with Crippen LogP contribution in [-0.2, 0) is 13.8 Å². The van der Waals surface area contributed by atoms with E-state index in [1.54, 1.807) is 6.20 Å². The second-order valence-electron chi connectivity index (χ2n) is 8.72. The van der Waals surface area contributed by atoms with Crippen LogP contribution in [0.3, 0.4) is 0 Å². The van der Waals surface area contributed by atoms with E-state index in [0.29, 0.717) is 17.5 Å². The van der Waals surface area contributed by atoms with Gasteiger partial charge in [-0.25, -0.2) is 13.9 Å². The molecule has 0 radical (unpaired) electrons. The van der Waals surface area contributed by atoms with E-state index in [0.717, 1.165) is 5.69 Å². The van der Waals surface area contributed by atoms with Crippen molar-refractivity contribution in [1.82, 2.24) is 19.2 Å². The van der Waals surface area contributed by atoms with Crippen molar-refractivity contribution in [2.75, 3.05) is 6.61 Å². The fraction of sp³-hybridized carbons (Fsp3) is 0.682. The summed E-state index contributed by atoms with van der Waals surface area (Å²) in [5.41, 5.74) is 0.723. The summed E-state index contributed by atoms with van der Waals surface area (Å²) in [5, 5.41) is 9.61. The molecule has 0 amide bonds. The van der Waals surface area contributed by atoms with Gasteiger partial charge in [0.05, 0.1) is 25.2 Å². The maximum absolute atomic E-state index is 15.8. The average molecular weight is 482 g/mol. The average Bonchev–Trinajstić information content (AvgIpc) is 3.25. The quantitative estimate of drug-likeness (QED) is 0.398. The molecule has 3 rings (SSSR count). The molecule has 2 aromatic heterocycles.